The molecule has 0 saturated carbocycles. The van der Waals surface area contributed by atoms with Gasteiger partial charge in [-0.3, -0.25) is 4.79 Å². The van der Waals surface area contributed by atoms with E-state index in [1.807, 2.05) is 12.1 Å². The number of ether oxygens (including phenoxy) is 2. The predicted octanol–water partition coefficient (Wildman–Crippen LogP) is 1.76. The van der Waals surface area contributed by atoms with Crippen LogP contribution in [0.4, 0.5) is 5.69 Å². The highest BCUT2D eigenvalue weighted by Crippen LogP contribution is 2.39. The molecule has 0 spiro atoms. The van der Waals surface area contributed by atoms with E-state index in [4.69, 9.17) is 9.47 Å². The minimum Gasteiger partial charge on any atom is -0.493 e. The summed E-state index contributed by atoms with van der Waals surface area (Å²) in [6, 6.07) is 10.5. The maximum atomic E-state index is 13.7. The Morgan fingerprint density at radius 3 is 2.70 bits per heavy atom. The van der Waals surface area contributed by atoms with E-state index in [0.717, 1.165) is 31.9 Å². The third-order valence-corrected chi connectivity index (χ3v) is 7.37. The van der Waals surface area contributed by atoms with Gasteiger partial charge in [0.2, 0.25) is 0 Å². The lowest BCUT2D eigenvalue weighted by Gasteiger charge is -2.30. The summed E-state index contributed by atoms with van der Waals surface area (Å²) in [7, 11) is -3.93. The number of fused-ring (bicyclic) bond motifs is 2. The van der Waals surface area contributed by atoms with Crippen LogP contribution < -0.4 is 19.7 Å². The maximum absolute atomic E-state index is 13.7. The second kappa shape index (κ2) is 7.33. The highest BCUT2D eigenvalue weighted by atomic mass is 32.2. The van der Waals surface area contributed by atoms with Crippen molar-refractivity contribution in [1.29, 1.82) is 0 Å². The largest absolute Gasteiger partial charge is 0.493 e. The first-order valence-electron chi connectivity index (χ1n) is 9.81. The van der Waals surface area contributed by atoms with Crippen molar-refractivity contribution in [2.24, 2.45) is 0 Å². The Morgan fingerprint density at radius 1 is 1.10 bits per heavy atom. The summed E-state index contributed by atoms with van der Waals surface area (Å²) in [5, 5.41) is 3.92. The maximum Gasteiger partial charge on any atom is 0.298 e. The minimum absolute atomic E-state index is 0.208. The summed E-state index contributed by atoms with van der Waals surface area (Å²) in [6.07, 6.45) is 1.92. The first kappa shape index (κ1) is 19.0. The molecule has 8 nitrogen and oxygen atoms in total. The molecule has 3 aromatic rings. The third-order valence-electron chi connectivity index (χ3n) is 5.61. The summed E-state index contributed by atoms with van der Waals surface area (Å²) in [4.78, 5) is 13.5. The van der Waals surface area contributed by atoms with Gasteiger partial charge in [0.15, 0.2) is 5.75 Å². The molecule has 2 aliphatic heterocycles. The van der Waals surface area contributed by atoms with Crippen molar-refractivity contribution >= 4 is 33.1 Å². The zero-order valence-electron chi connectivity index (χ0n) is 16.2. The van der Waals surface area contributed by atoms with Crippen LogP contribution in [-0.4, -0.2) is 51.6 Å². The van der Waals surface area contributed by atoms with Crippen molar-refractivity contribution in [1.82, 2.24) is 9.29 Å². The summed E-state index contributed by atoms with van der Waals surface area (Å²) in [6.45, 7) is 4.00. The van der Waals surface area contributed by atoms with Gasteiger partial charge in [-0.2, -0.15) is 0 Å². The number of hydrogen-bond donors (Lipinski definition) is 1. The van der Waals surface area contributed by atoms with Crippen LogP contribution in [0.2, 0.25) is 0 Å². The molecule has 1 saturated heterocycles. The molecule has 5 rings (SSSR count). The summed E-state index contributed by atoms with van der Waals surface area (Å²) in [5.41, 5.74) is 2.00. The summed E-state index contributed by atoms with van der Waals surface area (Å²) >= 11 is 0. The Bertz CT molecular complexity index is 1230. The fraction of sp³-hybridized carbons (Fsp3) is 0.286. The van der Waals surface area contributed by atoms with Crippen molar-refractivity contribution in [3.63, 3.8) is 0 Å². The molecule has 3 heterocycles. The Kier molecular flexibility index (Phi) is 4.63. The zero-order chi connectivity index (χ0) is 20.7. The van der Waals surface area contributed by atoms with E-state index in [2.05, 4.69) is 10.2 Å². The van der Waals surface area contributed by atoms with Gasteiger partial charge in [0.1, 0.15) is 5.75 Å². The van der Waals surface area contributed by atoms with E-state index in [0.29, 0.717) is 41.7 Å². The van der Waals surface area contributed by atoms with Crippen LogP contribution >= 0.6 is 0 Å². The fourth-order valence-electron chi connectivity index (χ4n) is 4.25. The van der Waals surface area contributed by atoms with Gasteiger partial charge in [0.05, 0.1) is 34.3 Å². The molecule has 0 radical (unpaired) electrons. The number of hydrogen-bond acceptors (Lipinski definition) is 7. The Labute approximate surface area is 174 Å². The number of anilines is 1. The molecular weight excluding hydrogens is 406 g/mol. The van der Waals surface area contributed by atoms with Crippen molar-refractivity contribution in [3.8, 4) is 11.5 Å². The second-order valence-electron chi connectivity index (χ2n) is 7.25. The number of piperazine rings is 1. The number of nitrogens with one attached hydrogen (secondary N) is 1. The average Bonchev–Trinajstić information content (AvgIpc) is 3.39. The highest BCUT2D eigenvalue weighted by Gasteiger charge is 2.29. The smallest absolute Gasteiger partial charge is 0.298 e. The van der Waals surface area contributed by atoms with Gasteiger partial charge in [-0.25, -0.2) is 12.4 Å². The molecule has 156 valence electrons. The molecule has 2 aliphatic rings. The first-order chi connectivity index (χ1) is 14.6. The zero-order valence-corrected chi connectivity index (χ0v) is 17.0. The molecule has 30 heavy (non-hydrogen) atoms. The number of carbonyl (C=O) groups excluding carboxylic acids is 1. The van der Waals surface area contributed by atoms with Gasteiger partial charge in [-0.05, 0) is 24.3 Å². The summed E-state index contributed by atoms with van der Waals surface area (Å²) < 4.78 is 39.3. The Balaban J connectivity index is 1.72. The summed E-state index contributed by atoms with van der Waals surface area (Å²) in [5.74, 6) is 0.819. The standard InChI is InChI=1S/C21H21N3O5S/c25-14-29-19-13-24(30(26,27)20-6-2-5-18-15(20)7-12-28-18)17-4-1-3-16(21(17)19)23-10-8-22-9-11-23/h1-6,13-14,22H,7-12H2. The highest BCUT2D eigenvalue weighted by molar-refractivity contribution is 7.90. The van der Waals surface area contributed by atoms with Crippen LogP contribution in [0.1, 0.15) is 5.56 Å². The van der Waals surface area contributed by atoms with E-state index in [1.165, 1.54) is 10.2 Å². The lowest BCUT2D eigenvalue weighted by atomic mass is 10.1. The topological polar surface area (TPSA) is 89.9 Å². The van der Waals surface area contributed by atoms with E-state index in [-0.39, 0.29) is 10.6 Å². The molecule has 9 heteroatoms. The molecule has 0 atom stereocenters. The number of carbonyl (C=O) groups is 1. The van der Waals surface area contributed by atoms with Crippen molar-refractivity contribution < 1.29 is 22.7 Å². The van der Waals surface area contributed by atoms with E-state index >= 15 is 0 Å². The average molecular weight is 427 g/mol. The predicted molar refractivity (Wildman–Crippen MR) is 112 cm³/mol. The molecule has 1 N–H and O–H groups in total. The van der Waals surface area contributed by atoms with Crippen LogP contribution in [0.15, 0.2) is 47.5 Å². The van der Waals surface area contributed by atoms with Gasteiger partial charge in [-0.1, -0.05) is 12.1 Å². The lowest BCUT2D eigenvalue weighted by Crippen LogP contribution is -2.43. The van der Waals surface area contributed by atoms with Crippen LogP contribution in [0.25, 0.3) is 10.9 Å². The molecule has 0 unspecified atom stereocenters. The Hall–Kier alpha value is -3.04. The first-order valence-corrected chi connectivity index (χ1v) is 11.3. The molecule has 0 amide bonds. The number of rotatable bonds is 5. The van der Waals surface area contributed by atoms with E-state index < -0.39 is 10.0 Å². The molecular formula is C21H21N3O5S. The SMILES string of the molecule is O=COc1cn(S(=O)(=O)c2cccc3c2CCO3)c2cccc(N3CCNCC3)c12. The van der Waals surface area contributed by atoms with Gasteiger partial charge in [0.25, 0.3) is 16.5 Å². The van der Waals surface area contributed by atoms with Crippen LogP contribution in [0, 0.1) is 0 Å². The van der Waals surface area contributed by atoms with Crippen molar-refractivity contribution in [2.75, 3.05) is 37.7 Å². The number of nitrogens with zero attached hydrogens (tertiary/aromatic N) is 2. The van der Waals surface area contributed by atoms with E-state index in [1.54, 1.807) is 24.3 Å². The molecule has 0 bridgehead atoms. The monoisotopic (exact) mass is 427 g/mol. The molecule has 2 aromatic carbocycles. The molecule has 1 aromatic heterocycles. The second-order valence-corrected chi connectivity index (χ2v) is 9.03. The number of aromatic nitrogens is 1. The van der Waals surface area contributed by atoms with Gasteiger partial charge in [0, 0.05) is 38.2 Å². The fourth-order valence-corrected chi connectivity index (χ4v) is 5.87. The number of benzene rings is 2. The van der Waals surface area contributed by atoms with Gasteiger partial charge < -0.3 is 19.7 Å². The lowest BCUT2D eigenvalue weighted by molar-refractivity contribution is -0.120. The Morgan fingerprint density at radius 2 is 1.90 bits per heavy atom. The quantitative estimate of drug-likeness (QED) is 0.621. The van der Waals surface area contributed by atoms with Crippen molar-refractivity contribution in [2.45, 2.75) is 11.3 Å². The van der Waals surface area contributed by atoms with Gasteiger partial charge >= 0.3 is 0 Å². The van der Waals surface area contributed by atoms with Crippen LogP contribution in [0.5, 0.6) is 11.5 Å². The molecule has 1 fully saturated rings. The van der Waals surface area contributed by atoms with Crippen LogP contribution in [-0.2, 0) is 21.2 Å². The minimum atomic E-state index is -3.93. The van der Waals surface area contributed by atoms with Gasteiger partial charge in [-0.15, -0.1) is 0 Å². The van der Waals surface area contributed by atoms with E-state index in [9.17, 15) is 13.2 Å². The van der Waals surface area contributed by atoms with Crippen LogP contribution in [0.3, 0.4) is 0 Å². The third kappa shape index (κ3) is 2.93. The van der Waals surface area contributed by atoms with Crippen molar-refractivity contribution in [3.05, 3.63) is 48.2 Å². The normalized spacial score (nSPS) is 16.3. The molecule has 0 aliphatic carbocycles.